The number of rotatable bonds is 19. The highest BCUT2D eigenvalue weighted by atomic mass is 35.5. The third-order valence-electron chi connectivity index (χ3n) is 8.12. The molecule has 0 saturated carbocycles. The highest BCUT2D eigenvalue weighted by Crippen LogP contribution is 2.27. The van der Waals surface area contributed by atoms with E-state index in [2.05, 4.69) is 0 Å². The van der Waals surface area contributed by atoms with Crippen molar-refractivity contribution in [1.82, 2.24) is 0 Å². The number of hydrogen-bond acceptors (Lipinski definition) is 7. The molecule has 8 heteroatoms. The van der Waals surface area contributed by atoms with E-state index in [1.165, 1.54) is 0 Å². The first-order chi connectivity index (χ1) is 24.4. The van der Waals surface area contributed by atoms with Gasteiger partial charge in [0, 0.05) is 10.6 Å². The zero-order chi connectivity index (χ0) is 35.1. The Hall–Kier alpha value is -4.63. The molecule has 0 radical (unpaired) electrons. The summed E-state index contributed by atoms with van der Waals surface area (Å²) in [6.45, 7) is 1.88. The van der Waals surface area contributed by atoms with Gasteiger partial charge in [0.25, 0.3) is 0 Å². The van der Waals surface area contributed by atoms with Crippen molar-refractivity contribution in [3.63, 3.8) is 0 Å². The molecule has 0 fully saturated rings. The van der Waals surface area contributed by atoms with Gasteiger partial charge in [0.15, 0.2) is 11.6 Å². The lowest BCUT2D eigenvalue weighted by Gasteiger charge is -2.32. The number of Topliss-reactive ketones (excluding diaryl/α,β-unsaturated/α-hetero) is 2. The molecule has 5 aromatic carbocycles. The maximum Gasteiger partial charge on any atom is 0.194 e. The maximum absolute atomic E-state index is 14.6. The molecule has 0 amide bonds. The van der Waals surface area contributed by atoms with E-state index >= 15 is 0 Å². The van der Waals surface area contributed by atoms with E-state index in [9.17, 15) is 14.7 Å². The SMILES string of the molecule is CCOc1ccc(Cc2cc(C(=O)[C@H](OCc3ccccc3)[C@H](OCc3ccccc3)[C@H](OCc3ccccc3)C(=O)CO)ccc2Cl)cc1. The van der Waals surface area contributed by atoms with Crippen LogP contribution in [0.5, 0.6) is 5.75 Å². The minimum Gasteiger partial charge on any atom is -0.494 e. The topological polar surface area (TPSA) is 91.3 Å². The number of ketones is 2. The van der Waals surface area contributed by atoms with Gasteiger partial charge in [-0.3, -0.25) is 9.59 Å². The molecule has 0 aliphatic heterocycles. The third kappa shape index (κ3) is 10.4. The normalized spacial score (nSPS) is 12.9. The van der Waals surface area contributed by atoms with Gasteiger partial charge in [0.1, 0.15) is 30.7 Å². The first kappa shape index (κ1) is 36.6. The van der Waals surface area contributed by atoms with Crippen LogP contribution in [0.25, 0.3) is 0 Å². The van der Waals surface area contributed by atoms with Crippen LogP contribution in [0.1, 0.15) is 45.1 Å². The highest BCUT2D eigenvalue weighted by Gasteiger charge is 2.41. The van der Waals surface area contributed by atoms with Gasteiger partial charge in [-0.25, -0.2) is 0 Å². The van der Waals surface area contributed by atoms with Crippen molar-refractivity contribution >= 4 is 23.2 Å². The van der Waals surface area contributed by atoms with Crippen molar-refractivity contribution in [3.05, 3.63) is 172 Å². The van der Waals surface area contributed by atoms with Crippen molar-refractivity contribution in [2.45, 2.75) is 51.5 Å². The molecule has 5 rings (SSSR count). The molecule has 0 aromatic heterocycles. The lowest BCUT2D eigenvalue weighted by atomic mass is 9.94. The monoisotopic (exact) mass is 692 g/mol. The molecule has 3 atom stereocenters. The summed E-state index contributed by atoms with van der Waals surface area (Å²) >= 11 is 6.66. The molecule has 7 nitrogen and oxygen atoms in total. The molecule has 0 bridgehead atoms. The standard InChI is InChI=1S/C42H41ClO7/c1-2-47-36-21-18-30(19-22-36)24-35-25-34(20-23-37(35)43)39(46)41(49-28-32-14-8-4-9-15-32)42(50-29-33-16-10-5-11-17-33)40(38(45)26-44)48-27-31-12-6-3-7-13-31/h3-23,25,40-42,44H,2,24,26-29H2,1H3/t40-,41+,42-/m1/s1. The molecule has 0 heterocycles. The number of carbonyl (C=O) groups excluding carboxylic acids is 2. The maximum atomic E-state index is 14.6. The second-order valence-electron chi connectivity index (χ2n) is 11.7. The summed E-state index contributed by atoms with van der Waals surface area (Å²) in [6, 6.07) is 41.0. The Bertz CT molecular complexity index is 1780. The molecule has 50 heavy (non-hydrogen) atoms. The lowest BCUT2D eigenvalue weighted by Crippen LogP contribution is -2.50. The Morgan fingerprint density at radius 2 is 1.16 bits per heavy atom. The summed E-state index contributed by atoms with van der Waals surface area (Å²) in [5.74, 6) is -0.275. The summed E-state index contributed by atoms with van der Waals surface area (Å²) in [6.07, 6.45) is -3.37. The van der Waals surface area contributed by atoms with Gasteiger partial charge in [-0.2, -0.15) is 0 Å². The Morgan fingerprint density at radius 3 is 1.68 bits per heavy atom. The second kappa shape index (κ2) is 18.9. The van der Waals surface area contributed by atoms with Crippen LogP contribution >= 0.6 is 11.6 Å². The second-order valence-corrected chi connectivity index (χ2v) is 12.2. The molecule has 5 aromatic rings. The van der Waals surface area contributed by atoms with E-state index in [0.717, 1.165) is 33.6 Å². The zero-order valence-electron chi connectivity index (χ0n) is 28.0. The highest BCUT2D eigenvalue weighted by molar-refractivity contribution is 6.31. The summed E-state index contributed by atoms with van der Waals surface area (Å²) in [5.41, 5.74) is 4.54. The predicted molar refractivity (Wildman–Crippen MR) is 193 cm³/mol. The molecule has 0 unspecified atom stereocenters. The van der Waals surface area contributed by atoms with E-state index in [-0.39, 0.29) is 19.8 Å². The lowest BCUT2D eigenvalue weighted by molar-refractivity contribution is -0.162. The smallest absolute Gasteiger partial charge is 0.194 e. The minimum absolute atomic E-state index is 0.0508. The van der Waals surface area contributed by atoms with Crippen LogP contribution in [-0.2, 0) is 45.2 Å². The van der Waals surface area contributed by atoms with Gasteiger partial charge < -0.3 is 24.1 Å². The average molecular weight is 693 g/mol. The molecule has 258 valence electrons. The van der Waals surface area contributed by atoms with Crippen molar-refractivity contribution in [3.8, 4) is 5.75 Å². The molecule has 0 saturated heterocycles. The fourth-order valence-corrected chi connectivity index (χ4v) is 5.70. The number of halogens is 1. The Balaban J connectivity index is 1.51. The van der Waals surface area contributed by atoms with Crippen molar-refractivity contribution in [2.75, 3.05) is 13.2 Å². The van der Waals surface area contributed by atoms with Crippen LogP contribution in [0.3, 0.4) is 0 Å². The molecule has 1 N–H and O–H groups in total. The van der Waals surface area contributed by atoms with E-state index in [4.69, 9.17) is 30.5 Å². The van der Waals surface area contributed by atoms with Crippen LogP contribution in [0, 0.1) is 0 Å². The average Bonchev–Trinajstić information content (AvgIpc) is 3.16. The summed E-state index contributed by atoms with van der Waals surface area (Å²) in [7, 11) is 0. The Kier molecular flexibility index (Phi) is 13.9. The molecule has 0 aliphatic rings. The van der Waals surface area contributed by atoms with Crippen molar-refractivity contribution in [1.29, 1.82) is 0 Å². The summed E-state index contributed by atoms with van der Waals surface area (Å²) in [5, 5.41) is 10.6. The van der Waals surface area contributed by atoms with Crippen LogP contribution in [0.2, 0.25) is 5.02 Å². The van der Waals surface area contributed by atoms with Crippen LogP contribution in [0.15, 0.2) is 133 Å². The number of aliphatic hydroxyl groups excluding tert-OH is 1. The fourth-order valence-electron chi connectivity index (χ4n) is 5.52. The zero-order valence-corrected chi connectivity index (χ0v) is 28.7. The third-order valence-corrected chi connectivity index (χ3v) is 8.49. The largest absolute Gasteiger partial charge is 0.494 e. The predicted octanol–water partition coefficient (Wildman–Crippen LogP) is 7.83. The van der Waals surface area contributed by atoms with Gasteiger partial charge in [-0.05, 0) is 71.5 Å². The molecule has 0 spiro atoms. The first-order valence-electron chi connectivity index (χ1n) is 16.6. The molecular weight excluding hydrogens is 652 g/mol. The quantitative estimate of drug-likeness (QED) is 0.0883. The summed E-state index contributed by atoms with van der Waals surface area (Å²) in [4.78, 5) is 28.1. The number of carbonyl (C=O) groups is 2. The van der Waals surface area contributed by atoms with Gasteiger partial charge in [0.2, 0.25) is 0 Å². The van der Waals surface area contributed by atoms with E-state index in [1.807, 2.05) is 122 Å². The molecule has 0 aliphatic carbocycles. The number of aliphatic hydroxyl groups is 1. The van der Waals surface area contributed by atoms with E-state index in [0.29, 0.717) is 23.6 Å². The number of ether oxygens (including phenoxy) is 4. The minimum atomic E-state index is -1.33. The van der Waals surface area contributed by atoms with Crippen LogP contribution in [0.4, 0.5) is 0 Å². The van der Waals surface area contributed by atoms with Crippen LogP contribution < -0.4 is 4.74 Å². The van der Waals surface area contributed by atoms with Gasteiger partial charge in [0.05, 0.1) is 26.4 Å². The fraction of sp³-hybridized carbons (Fsp3) is 0.238. The Labute approximate surface area is 298 Å². The van der Waals surface area contributed by atoms with Crippen molar-refractivity contribution in [2.24, 2.45) is 0 Å². The summed E-state index contributed by atoms with van der Waals surface area (Å²) < 4.78 is 24.6. The van der Waals surface area contributed by atoms with Crippen molar-refractivity contribution < 1.29 is 33.6 Å². The number of benzene rings is 5. The van der Waals surface area contributed by atoms with Gasteiger partial charge in [-0.15, -0.1) is 0 Å². The van der Waals surface area contributed by atoms with Crippen LogP contribution in [-0.4, -0.2) is 48.2 Å². The van der Waals surface area contributed by atoms with E-state index < -0.39 is 36.5 Å². The number of hydrogen-bond donors (Lipinski definition) is 1. The van der Waals surface area contributed by atoms with E-state index in [1.54, 1.807) is 18.2 Å². The van der Waals surface area contributed by atoms with Gasteiger partial charge >= 0.3 is 0 Å². The first-order valence-corrected chi connectivity index (χ1v) is 17.0. The Morgan fingerprint density at radius 1 is 0.640 bits per heavy atom. The van der Waals surface area contributed by atoms with Gasteiger partial charge in [-0.1, -0.05) is 115 Å². The molecular formula is C42H41ClO7.